The molecule has 0 aliphatic carbocycles. The van der Waals surface area contributed by atoms with Crippen LogP contribution < -0.4 is 14.8 Å². The molecule has 0 unspecified atom stereocenters. The molecule has 9 nitrogen and oxygen atoms in total. The van der Waals surface area contributed by atoms with Crippen LogP contribution in [0.1, 0.15) is 12.5 Å². The van der Waals surface area contributed by atoms with Gasteiger partial charge in [-0.05, 0) is 31.2 Å². The van der Waals surface area contributed by atoms with Crippen molar-refractivity contribution in [2.45, 2.75) is 17.9 Å². The molecule has 1 amide bonds. The van der Waals surface area contributed by atoms with Gasteiger partial charge in [0.15, 0.2) is 6.10 Å². The number of amides is 1. The number of ether oxygens (including phenoxy) is 2. The molecule has 1 aliphatic heterocycles. The fraction of sp³-hybridized carbons (Fsp3) is 0.211. The number of carbonyl (C=O) groups excluding carboxylic acids is 2. The van der Waals surface area contributed by atoms with Crippen LogP contribution in [0.5, 0.6) is 5.75 Å². The fourth-order valence-corrected chi connectivity index (χ4v) is 3.92. The predicted molar refractivity (Wildman–Crippen MR) is 105 cm³/mol. The Morgan fingerprint density at radius 3 is 2.59 bits per heavy atom. The summed E-state index contributed by atoms with van der Waals surface area (Å²) in [6.45, 7) is 0.974. The number of benzene rings is 2. The molecule has 0 spiro atoms. The molecule has 3 rings (SSSR count). The first-order valence-corrected chi connectivity index (χ1v) is 10.1. The number of aliphatic imine (C=N–C) groups is 1. The number of esters is 1. The topological polar surface area (TPSA) is 123 Å². The van der Waals surface area contributed by atoms with Gasteiger partial charge in [0.2, 0.25) is 0 Å². The van der Waals surface area contributed by atoms with E-state index in [-0.39, 0.29) is 10.7 Å². The van der Waals surface area contributed by atoms with Crippen LogP contribution in [-0.4, -0.2) is 45.9 Å². The van der Waals surface area contributed by atoms with Crippen molar-refractivity contribution in [1.82, 2.24) is 4.72 Å². The van der Waals surface area contributed by atoms with Crippen LogP contribution >= 0.6 is 0 Å². The van der Waals surface area contributed by atoms with Gasteiger partial charge in [0.25, 0.3) is 15.9 Å². The van der Waals surface area contributed by atoms with Gasteiger partial charge in [0.1, 0.15) is 18.1 Å². The highest BCUT2D eigenvalue weighted by molar-refractivity contribution is 7.90. The second-order valence-electron chi connectivity index (χ2n) is 6.09. The minimum Gasteiger partial charge on any atom is -0.495 e. The number of carbonyl (C=O) groups is 2. The van der Waals surface area contributed by atoms with Crippen molar-refractivity contribution >= 4 is 33.4 Å². The Morgan fingerprint density at radius 2 is 1.83 bits per heavy atom. The molecule has 10 heteroatoms. The lowest BCUT2D eigenvalue weighted by Gasteiger charge is -2.14. The fourth-order valence-electron chi connectivity index (χ4n) is 2.67. The lowest BCUT2D eigenvalue weighted by molar-refractivity contribution is -0.151. The number of nitrogens with zero attached hydrogens (tertiary/aromatic N) is 1. The number of methoxy groups -OCH3 is 1. The minimum atomic E-state index is -3.69. The molecule has 0 radical (unpaired) electrons. The molecule has 2 aromatic carbocycles. The molecule has 2 aromatic rings. The van der Waals surface area contributed by atoms with Gasteiger partial charge in [-0.3, -0.25) is 19.3 Å². The van der Waals surface area contributed by atoms with E-state index >= 15 is 0 Å². The lowest BCUT2D eigenvalue weighted by Crippen LogP contribution is -2.31. The number of nitrogens with one attached hydrogen (secondary N) is 2. The molecule has 0 fully saturated rings. The summed E-state index contributed by atoms with van der Waals surface area (Å²) < 4.78 is 36.6. The van der Waals surface area contributed by atoms with Crippen molar-refractivity contribution in [3.8, 4) is 5.75 Å². The maximum absolute atomic E-state index is 12.3. The van der Waals surface area contributed by atoms with Gasteiger partial charge in [-0.15, -0.1) is 0 Å². The van der Waals surface area contributed by atoms with Gasteiger partial charge in [-0.25, -0.2) is 8.42 Å². The lowest BCUT2D eigenvalue weighted by atomic mass is 10.2. The summed E-state index contributed by atoms with van der Waals surface area (Å²) >= 11 is 0. The molecule has 0 saturated carbocycles. The Labute approximate surface area is 167 Å². The van der Waals surface area contributed by atoms with E-state index in [9.17, 15) is 18.0 Å². The first-order valence-electron chi connectivity index (χ1n) is 8.62. The minimum absolute atomic E-state index is 0.0590. The molecule has 0 aromatic heterocycles. The average molecular weight is 417 g/mol. The van der Waals surface area contributed by atoms with Crippen LogP contribution in [-0.2, 0) is 24.3 Å². The van der Waals surface area contributed by atoms with Crippen molar-refractivity contribution in [2.24, 2.45) is 4.99 Å². The standard InChI is InChI=1S/C19H19N3O6S/c1-12(19(24)21-14-8-4-5-9-15(14)27-2)28-17(23)11-20-18-13-7-3-6-10-16(13)29(25,26)22-18/h3-10,12H,11H2,1-2H3,(H,20,22)(H,21,24)/t12-/m0/s1. The first kappa shape index (κ1) is 20.3. The quantitative estimate of drug-likeness (QED) is 0.683. The number of rotatable bonds is 6. The molecular weight excluding hydrogens is 398 g/mol. The molecule has 0 bridgehead atoms. The number of anilines is 1. The van der Waals surface area contributed by atoms with Crippen LogP contribution in [0.2, 0.25) is 0 Å². The summed E-state index contributed by atoms with van der Waals surface area (Å²) in [6, 6.07) is 13.1. The van der Waals surface area contributed by atoms with Gasteiger partial charge in [0.05, 0.1) is 17.7 Å². The highest BCUT2D eigenvalue weighted by Gasteiger charge is 2.30. The van der Waals surface area contributed by atoms with Gasteiger partial charge in [0, 0.05) is 5.56 Å². The van der Waals surface area contributed by atoms with Crippen molar-refractivity contribution in [3.05, 3.63) is 54.1 Å². The Hall–Kier alpha value is -3.40. The van der Waals surface area contributed by atoms with Gasteiger partial charge < -0.3 is 14.8 Å². The smallest absolute Gasteiger partial charge is 0.328 e. The van der Waals surface area contributed by atoms with E-state index in [1.807, 2.05) is 0 Å². The summed E-state index contributed by atoms with van der Waals surface area (Å²) in [4.78, 5) is 28.4. The third kappa shape index (κ3) is 4.54. The summed E-state index contributed by atoms with van der Waals surface area (Å²) in [5.41, 5.74) is 0.822. The monoisotopic (exact) mass is 417 g/mol. The largest absolute Gasteiger partial charge is 0.495 e. The van der Waals surface area contributed by atoms with E-state index in [0.29, 0.717) is 17.0 Å². The highest BCUT2D eigenvalue weighted by atomic mass is 32.2. The summed E-state index contributed by atoms with van der Waals surface area (Å²) in [7, 11) is -2.21. The second-order valence-corrected chi connectivity index (χ2v) is 7.74. The highest BCUT2D eigenvalue weighted by Crippen LogP contribution is 2.23. The van der Waals surface area contributed by atoms with E-state index < -0.39 is 34.5 Å². The predicted octanol–water partition coefficient (Wildman–Crippen LogP) is 1.30. The molecule has 1 aliphatic rings. The van der Waals surface area contributed by atoms with Crippen molar-refractivity contribution in [2.75, 3.05) is 19.0 Å². The zero-order valence-electron chi connectivity index (χ0n) is 15.7. The molecule has 2 N–H and O–H groups in total. The van der Waals surface area contributed by atoms with E-state index in [2.05, 4.69) is 15.0 Å². The second kappa shape index (κ2) is 8.31. The van der Waals surface area contributed by atoms with E-state index in [1.54, 1.807) is 42.5 Å². The van der Waals surface area contributed by atoms with Gasteiger partial charge >= 0.3 is 5.97 Å². The molecule has 0 saturated heterocycles. The molecular formula is C19H19N3O6S. The Bertz CT molecular complexity index is 1080. The zero-order valence-corrected chi connectivity index (χ0v) is 16.5. The Morgan fingerprint density at radius 1 is 1.14 bits per heavy atom. The molecule has 152 valence electrons. The van der Waals surface area contributed by atoms with Crippen LogP contribution in [0.25, 0.3) is 0 Å². The van der Waals surface area contributed by atoms with Crippen molar-refractivity contribution < 1.29 is 27.5 Å². The number of fused-ring (bicyclic) bond motifs is 1. The summed E-state index contributed by atoms with van der Waals surface area (Å²) in [6.07, 6.45) is -1.08. The Kier molecular flexibility index (Phi) is 5.83. The van der Waals surface area contributed by atoms with Crippen LogP contribution in [0, 0.1) is 0 Å². The van der Waals surface area contributed by atoms with E-state index in [0.717, 1.165) is 0 Å². The summed E-state index contributed by atoms with van der Waals surface area (Å²) in [5.74, 6) is -0.784. The van der Waals surface area contributed by atoms with Crippen LogP contribution in [0.4, 0.5) is 5.69 Å². The number of sulfonamides is 1. The maximum atomic E-state index is 12.3. The first-order chi connectivity index (χ1) is 13.8. The normalized spacial score (nSPS) is 16.4. The van der Waals surface area contributed by atoms with Crippen LogP contribution in [0.15, 0.2) is 58.4 Å². The molecule has 1 atom stereocenters. The number of hydrogen-bond acceptors (Lipinski definition) is 7. The average Bonchev–Trinajstić information content (AvgIpc) is 2.97. The van der Waals surface area contributed by atoms with E-state index in [4.69, 9.17) is 9.47 Å². The third-order valence-corrected chi connectivity index (χ3v) is 5.47. The van der Waals surface area contributed by atoms with Gasteiger partial charge in [-0.2, -0.15) is 0 Å². The van der Waals surface area contributed by atoms with Crippen LogP contribution in [0.3, 0.4) is 0 Å². The van der Waals surface area contributed by atoms with Crippen molar-refractivity contribution in [3.63, 3.8) is 0 Å². The number of amidine groups is 1. The zero-order chi connectivity index (χ0) is 21.0. The van der Waals surface area contributed by atoms with E-state index in [1.165, 1.54) is 20.1 Å². The third-order valence-electron chi connectivity index (χ3n) is 4.07. The maximum Gasteiger partial charge on any atom is 0.328 e. The SMILES string of the molecule is COc1ccccc1NC(=O)[C@H](C)OC(=O)CN=C1NS(=O)(=O)c2ccccc21. The molecule has 29 heavy (non-hydrogen) atoms. The van der Waals surface area contributed by atoms with Crippen molar-refractivity contribution in [1.29, 1.82) is 0 Å². The Balaban J connectivity index is 1.61. The summed E-state index contributed by atoms with van der Waals surface area (Å²) in [5, 5.41) is 2.62. The molecule has 1 heterocycles. The van der Waals surface area contributed by atoms with Gasteiger partial charge in [-0.1, -0.05) is 24.3 Å². The number of hydrogen-bond donors (Lipinski definition) is 2. The number of para-hydroxylation sites is 2.